The Morgan fingerprint density at radius 1 is 1.38 bits per heavy atom. The van der Waals surface area contributed by atoms with Gasteiger partial charge in [0.1, 0.15) is 5.75 Å². The fraction of sp³-hybridized carbons (Fsp3) is 0.450. The molecule has 0 bridgehead atoms. The van der Waals surface area contributed by atoms with E-state index in [0.29, 0.717) is 25.6 Å². The molecule has 6 heteroatoms. The highest BCUT2D eigenvalue weighted by atomic mass is 16.5. The molecule has 1 fully saturated rings. The fourth-order valence-electron chi connectivity index (χ4n) is 3.21. The highest BCUT2D eigenvalue weighted by Gasteiger charge is 2.27. The van der Waals surface area contributed by atoms with Crippen molar-refractivity contribution < 1.29 is 9.53 Å². The van der Waals surface area contributed by atoms with Crippen molar-refractivity contribution in [2.24, 2.45) is 5.92 Å². The summed E-state index contributed by atoms with van der Waals surface area (Å²) in [6.07, 6.45) is 3.63. The Kier molecular flexibility index (Phi) is 6.04. The zero-order valence-corrected chi connectivity index (χ0v) is 15.4. The smallest absolute Gasteiger partial charge is 0.225 e. The average Bonchev–Trinajstić information content (AvgIpc) is 2.67. The van der Waals surface area contributed by atoms with Crippen LogP contribution in [0.15, 0.2) is 36.5 Å². The van der Waals surface area contributed by atoms with Gasteiger partial charge in [-0.1, -0.05) is 12.1 Å². The molecule has 2 heterocycles. The Morgan fingerprint density at radius 2 is 2.27 bits per heavy atom. The minimum atomic E-state index is -0.0389. The number of amides is 1. The van der Waals surface area contributed by atoms with Crippen LogP contribution >= 0.6 is 0 Å². The Balaban J connectivity index is 1.56. The molecule has 1 aromatic heterocycles. The van der Waals surface area contributed by atoms with Gasteiger partial charge in [0.25, 0.3) is 0 Å². The quantitative estimate of drug-likeness (QED) is 0.864. The second-order valence-corrected chi connectivity index (χ2v) is 6.58. The van der Waals surface area contributed by atoms with Gasteiger partial charge in [-0.05, 0) is 50.5 Å². The van der Waals surface area contributed by atoms with Crippen molar-refractivity contribution in [1.82, 2.24) is 15.3 Å². The van der Waals surface area contributed by atoms with Gasteiger partial charge in [0, 0.05) is 31.5 Å². The summed E-state index contributed by atoms with van der Waals surface area (Å²) >= 11 is 0. The zero-order valence-electron chi connectivity index (χ0n) is 15.4. The molecule has 1 unspecified atom stereocenters. The van der Waals surface area contributed by atoms with Crippen LogP contribution in [0.3, 0.4) is 0 Å². The summed E-state index contributed by atoms with van der Waals surface area (Å²) in [6, 6.07) is 9.72. The zero-order chi connectivity index (χ0) is 18.4. The normalized spacial score (nSPS) is 17.0. The number of benzene rings is 1. The van der Waals surface area contributed by atoms with E-state index in [1.54, 1.807) is 6.20 Å². The van der Waals surface area contributed by atoms with E-state index in [0.717, 1.165) is 36.4 Å². The van der Waals surface area contributed by atoms with Gasteiger partial charge in [-0.25, -0.2) is 9.97 Å². The van der Waals surface area contributed by atoms with Crippen LogP contribution in [-0.2, 0) is 11.3 Å². The molecule has 138 valence electrons. The Labute approximate surface area is 154 Å². The molecule has 3 rings (SSSR count). The van der Waals surface area contributed by atoms with Crippen molar-refractivity contribution in [3.8, 4) is 5.75 Å². The van der Waals surface area contributed by atoms with Gasteiger partial charge in [-0.15, -0.1) is 0 Å². The molecule has 1 aliphatic heterocycles. The summed E-state index contributed by atoms with van der Waals surface area (Å²) in [7, 11) is 0. The molecule has 1 saturated heterocycles. The van der Waals surface area contributed by atoms with E-state index in [9.17, 15) is 4.79 Å². The molecule has 1 atom stereocenters. The number of nitrogens with zero attached hydrogens (tertiary/aromatic N) is 3. The largest absolute Gasteiger partial charge is 0.494 e. The molecule has 26 heavy (non-hydrogen) atoms. The highest BCUT2D eigenvalue weighted by molar-refractivity contribution is 5.79. The number of nitrogens with one attached hydrogen (secondary N) is 1. The molecule has 0 radical (unpaired) electrons. The minimum Gasteiger partial charge on any atom is -0.494 e. The van der Waals surface area contributed by atoms with Crippen molar-refractivity contribution >= 4 is 11.9 Å². The van der Waals surface area contributed by atoms with Crippen molar-refractivity contribution in [1.29, 1.82) is 0 Å². The van der Waals surface area contributed by atoms with Gasteiger partial charge in [0.15, 0.2) is 0 Å². The van der Waals surface area contributed by atoms with Crippen LogP contribution in [0.25, 0.3) is 0 Å². The Bertz CT molecular complexity index is 750. The van der Waals surface area contributed by atoms with E-state index in [1.807, 2.05) is 44.2 Å². The Hall–Kier alpha value is -2.63. The maximum Gasteiger partial charge on any atom is 0.225 e. The number of hydrogen-bond acceptors (Lipinski definition) is 5. The molecule has 0 saturated carbocycles. The predicted molar refractivity (Wildman–Crippen MR) is 101 cm³/mol. The topological polar surface area (TPSA) is 67.3 Å². The first-order valence-electron chi connectivity index (χ1n) is 9.19. The second kappa shape index (κ2) is 8.65. The molecule has 1 aromatic carbocycles. The highest BCUT2D eigenvalue weighted by Crippen LogP contribution is 2.21. The second-order valence-electron chi connectivity index (χ2n) is 6.58. The van der Waals surface area contributed by atoms with E-state index in [4.69, 9.17) is 4.74 Å². The molecule has 1 amide bonds. The maximum atomic E-state index is 12.6. The van der Waals surface area contributed by atoms with Gasteiger partial charge < -0.3 is 15.0 Å². The van der Waals surface area contributed by atoms with Gasteiger partial charge in [0.2, 0.25) is 11.9 Å². The van der Waals surface area contributed by atoms with E-state index in [2.05, 4.69) is 20.2 Å². The third-order valence-corrected chi connectivity index (χ3v) is 4.53. The molecule has 1 N–H and O–H groups in total. The van der Waals surface area contributed by atoms with Crippen molar-refractivity contribution in [3.63, 3.8) is 0 Å². The van der Waals surface area contributed by atoms with Crippen LogP contribution in [0.5, 0.6) is 5.75 Å². The molecule has 6 nitrogen and oxygen atoms in total. The molecular formula is C20H26N4O2. The van der Waals surface area contributed by atoms with E-state index in [1.165, 1.54) is 0 Å². The standard InChI is InChI=1S/C20H26N4O2/c1-3-26-18-8-4-6-16(12-18)13-22-19(25)17-7-5-11-24(14-17)20-21-10-9-15(2)23-20/h4,6,8-10,12,17H,3,5,7,11,13-14H2,1-2H3,(H,22,25). The number of carbonyl (C=O) groups excluding carboxylic acids is 1. The minimum absolute atomic E-state index is 0.0389. The van der Waals surface area contributed by atoms with Crippen molar-refractivity contribution in [2.45, 2.75) is 33.2 Å². The van der Waals surface area contributed by atoms with E-state index < -0.39 is 0 Å². The molecule has 1 aliphatic rings. The predicted octanol–water partition coefficient (Wildman–Crippen LogP) is 2.72. The van der Waals surface area contributed by atoms with Crippen LogP contribution in [0.1, 0.15) is 31.0 Å². The number of hydrogen-bond donors (Lipinski definition) is 1. The molecule has 0 aliphatic carbocycles. The van der Waals surface area contributed by atoms with Gasteiger partial charge in [-0.2, -0.15) is 0 Å². The lowest BCUT2D eigenvalue weighted by molar-refractivity contribution is -0.125. The lowest BCUT2D eigenvalue weighted by Crippen LogP contribution is -2.43. The first kappa shape index (κ1) is 18.2. The van der Waals surface area contributed by atoms with Crippen molar-refractivity contribution in [3.05, 3.63) is 47.8 Å². The monoisotopic (exact) mass is 354 g/mol. The third-order valence-electron chi connectivity index (χ3n) is 4.53. The number of aromatic nitrogens is 2. The van der Waals surface area contributed by atoms with Crippen LogP contribution in [0, 0.1) is 12.8 Å². The molecule has 0 spiro atoms. The van der Waals surface area contributed by atoms with Gasteiger partial charge >= 0.3 is 0 Å². The first-order valence-corrected chi connectivity index (χ1v) is 9.19. The summed E-state index contributed by atoms with van der Waals surface area (Å²) < 4.78 is 5.51. The number of rotatable bonds is 6. The third kappa shape index (κ3) is 4.71. The number of aryl methyl sites for hydroxylation is 1. The summed E-state index contributed by atoms with van der Waals surface area (Å²) in [4.78, 5) is 23.6. The number of piperidine rings is 1. The van der Waals surface area contributed by atoms with Gasteiger partial charge in [0.05, 0.1) is 12.5 Å². The summed E-state index contributed by atoms with van der Waals surface area (Å²) in [6.45, 7) is 6.61. The number of carbonyl (C=O) groups is 1. The summed E-state index contributed by atoms with van der Waals surface area (Å²) in [5, 5.41) is 3.06. The average molecular weight is 354 g/mol. The van der Waals surface area contributed by atoms with Gasteiger partial charge in [-0.3, -0.25) is 4.79 Å². The van der Waals surface area contributed by atoms with Crippen LogP contribution in [-0.4, -0.2) is 35.6 Å². The summed E-state index contributed by atoms with van der Waals surface area (Å²) in [5.41, 5.74) is 1.98. The lowest BCUT2D eigenvalue weighted by Gasteiger charge is -2.32. The molecule has 2 aromatic rings. The fourth-order valence-corrected chi connectivity index (χ4v) is 3.21. The molecular weight excluding hydrogens is 328 g/mol. The first-order chi connectivity index (χ1) is 12.7. The number of ether oxygens (including phenoxy) is 1. The van der Waals surface area contributed by atoms with E-state index >= 15 is 0 Å². The SMILES string of the molecule is CCOc1cccc(CNC(=O)C2CCCN(c3nccc(C)n3)C2)c1. The van der Waals surface area contributed by atoms with Crippen LogP contribution in [0.2, 0.25) is 0 Å². The van der Waals surface area contributed by atoms with Crippen LogP contribution < -0.4 is 15.0 Å². The maximum absolute atomic E-state index is 12.6. The Morgan fingerprint density at radius 3 is 3.08 bits per heavy atom. The lowest BCUT2D eigenvalue weighted by atomic mass is 9.97. The van der Waals surface area contributed by atoms with Crippen molar-refractivity contribution in [2.75, 3.05) is 24.6 Å². The van der Waals surface area contributed by atoms with E-state index in [-0.39, 0.29) is 11.8 Å². The number of anilines is 1. The van der Waals surface area contributed by atoms with Crippen LogP contribution in [0.4, 0.5) is 5.95 Å². The summed E-state index contributed by atoms with van der Waals surface area (Å²) in [5.74, 6) is 1.60.